The van der Waals surface area contributed by atoms with Crippen LogP contribution in [0.25, 0.3) is 0 Å². The fourth-order valence-corrected chi connectivity index (χ4v) is 3.39. The molecule has 2 aromatic rings. The number of guanidine groups is 1. The molecule has 2 rings (SSSR count). The lowest BCUT2D eigenvalue weighted by Gasteiger charge is -2.18. The molecule has 158 valence electrons. The number of ether oxygens (including phenoxy) is 1. The lowest BCUT2D eigenvalue weighted by molar-refractivity contribution is 0.328. The van der Waals surface area contributed by atoms with Gasteiger partial charge < -0.3 is 15.4 Å². The quantitative estimate of drug-likeness (QED) is 0.353. The van der Waals surface area contributed by atoms with Gasteiger partial charge >= 0.3 is 0 Å². The molecule has 0 aliphatic rings. The molecule has 0 heterocycles. The summed E-state index contributed by atoms with van der Waals surface area (Å²) in [6.45, 7) is 5.87. The van der Waals surface area contributed by atoms with Crippen LogP contribution in [0.3, 0.4) is 0 Å². The van der Waals surface area contributed by atoms with Crippen molar-refractivity contribution in [3.63, 3.8) is 0 Å². The molecule has 0 amide bonds. The van der Waals surface area contributed by atoms with Crippen molar-refractivity contribution in [3.8, 4) is 5.75 Å². The van der Waals surface area contributed by atoms with Gasteiger partial charge in [-0.15, -0.1) is 0 Å². The SMILES string of the molecule is CCNC(=NCCOc1ccc(S(C)(=O)=O)cc1)NC(C)CCc1ccccc1. The molecule has 1 atom stereocenters. The van der Waals surface area contributed by atoms with E-state index < -0.39 is 9.84 Å². The summed E-state index contributed by atoms with van der Waals surface area (Å²) in [5.41, 5.74) is 1.33. The summed E-state index contributed by atoms with van der Waals surface area (Å²) in [6.07, 6.45) is 3.21. The number of nitrogens with zero attached hydrogens (tertiary/aromatic N) is 1. The first-order valence-corrected chi connectivity index (χ1v) is 11.8. The zero-order chi connectivity index (χ0) is 21.1. The Kier molecular flexibility index (Phi) is 8.99. The van der Waals surface area contributed by atoms with Crippen LogP contribution in [0.5, 0.6) is 5.75 Å². The van der Waals surface area contributed by atoms with Crippen LogP contribution < -0.4 is 15.4 Å². The van der Waals surface area contributed by atoms with Gasteiger partial charge in [-0.2, -0.15) is 0 Å². The van der Waals surface area contributed by atoms with E-state index in [-0.39, 0.29) is 10.9 Å². The summed E-state index contributed by atoms with van der Waals surface area (Å²) in [7, 11) is -3.19. The largest absolute Gasteiger partial charge is 0.492 e. The number of aryl methyl sites for hydroxylation is 1. The molecule has 6 nitrogen and oxygen atoms in total. The van der Waals surface area contributed by atoms with Crippen LogP contribution in [0.15, 0.2) is 64.5 Å². The van der Waals surface area contributed by atoms with Crippen LogP contribution in [0.2, 0.25) is 0 Å². The minimum Gasteiger partial charge on any atom is -0.492 e. The topological polar surface area (TPSA) is 79.8 Å². The first kappa shape index (κ1) is 22.7. The number of hydrogen-bond acceptors (Lipinski definition) is 4. The van der Waals surface area contributed by atoms with Gasteiger partial charge in [-0.05, 0) is 56.5 Å². The highest BCUT2D eigenvalue weighted by Gasteiger charge is 2.07. The molecule has 0 aromatic heterocycles. The molecule has 0 radical (unpaired) electrons. The second kappa shape index (κ2) is 11.5. The van der Waals surface area contributed by atoms with Crippen LogP contribution in [0.1, 0.15) is 25.8 Å². The Morgan fingerprint density at radius 1 is 1.10 bits per heavy atom. The number of sulfone groups is 1. The van der Waals surface area contributed by atoms with Crippen molar-refractivity contribution in [1.29, 1.82) is 0 Å². The second-order valence-electron chi connectivity index (χ2n) is 6.92. The third-order valence-electron chi connectivity index (χ3n) is 4.32. The molecule has 29 heavy (non-hydrogen) atoms. The Morgan fingerprint density at radius 3 is 2.41 bits per heavy atom. The molecule has 0 aliphatic carbocycles. The van der Waals surface area contributed by atoms with Crippen LogP contribution >= 0.6 is 0 Å². The van der Waals surface area contributed by atoms with E-state index in [0.29, 0.717) is 18.9 Å². The maximum Gasteiger partial charge on any atom is 0.191 e. The summed E-state index contributed by atoms with van der Waals surface area (Å²) >= 11 is 0. The summed E-state index contributed by atoms with van der Waals surface area (Å²) in [5, 5.41) is 6.68. The van der Waals surface area contributed by atoms with Crippen molar-refractivity contribution in [2.75, 3.05) is 26.0 Å². The second-order valence-corrected chi connectivity index (χ2v) is 8.94. The first-order chi connectivity index (χ1) is 13.9. The van der Waals surface area contributed by atoms with Crippen molar-refractivity contribution in [3.05, 3.63) is 60.2 Å². The van der Waals surface area contributed by atoms with Gasteiger partial charge in [-0.3, -0.25) is 0 Å². The number of nitrogens with one attached hydrogen (secondary N) is 2. The lowest BCUT2D eigenvalue weighted by atomic mass is 10.1. The van der Waals surface area contributed by atoms with E-state index in [0.717, 1.165) is 25.3 Å². The van der Waals surface area contributed by atoms with Crippen molar-refractivity contribution in [1.82, 2.24) is 10.6 Å². The Labute approximate surface area is 174 Å². The standard InChI is InChI=1S/C22H31N3O3S/c1-4-23-22(25-18(2)10-11-19-8-6-5-7-9-19)24-16-17-28-20-12-14-21(15-13-20)29(3,26)27/h5-9,12-15,18H,4,10-11,16-17H2,1-3H3,(H2,23,24,25). The molecule has 0 spiro atoms. The molecular weight excluding hydrogens is 386 g/mol. The van der Waals surface area contributed by atoms with Crippen LogP contribution in [0, 0.1) is 0 Å². The summed E-state index contributed by atoms with van der Waals surface area (Å²) in [6, 6.07) is 17.2. The highest BCUT2D eigenvalue weighted by molar-refractivity contribution is 7.90. The fraction of sp³-hybridized carbons (Fsp3) is 0.409. The predicted molar refractivity (Wildman–Crippen MR) is 118 cm³/mol. The first-order valence-electron chi connectivity index (χ1n) is 9.90. The van der Waals surface area contributed by atoms with Gasteiger partial charge in [-0.1, -0.05) is 30.3 Å². The van der Waals surface area contributed by atoms with Crippen molar-refractivity contribution < 1.29 is 13.2 Å². The molecule has 0 bridgehead atoms. The molecule has 0 saturated heterocycles. The van der Waals surface area contributed by atoms with Gasteiger partial charge in [0.1, 0.15) is 12.4 Å². The Balaban J connectivity index is 1.79. The summed E-state index contributed by atoms with van der Waals surface area (Å²) in [4.78, 5) is 4.84. The smallest absolute Gasteiger partial charge is 0.191 e. The summed E-state index contributed by atoms with van der Waals surface area (Å²) < 4.78 is 28.6. The maximum absolute atomic E-state index is 11.5. The van der Waals surface area contributed by atoms with E-state index >= 15 is 0 Å². The highest BCUT2D eigenvalue weighted by atomic mass is 32.2. The zero-order valence-electron chi connectivity index (χ0n) is 17.4. The van der Waals surface area contributed by atoms with Crippen molar-refractivity contribution >= 4 is 15.8 Å². The molecule has 7 heteroatoms. The zero-order valence-corrected chi connectivity index (χ0v) is 18.2. The number of aliphatic imine (C=N–C) groups is 1. The minimum atomic E-state index is -3.19. The van der Waals surface area contributed by atoms with Gasteiger partial charge in [-0.25, -0.2) is 13.4 Å². The fourth-order valence-electron chi connectivity index (χ4n) is 2.76. The lowest BCUT2D eigenvalue weighted by Crippen LogP contribution is -2.42. The molecule has 0 saturated carbocycles. The van der Waals surface area contributed by atoms with Crippen LogP contribution in [0.4, 0.5) is 0 Å². The van der Waals surface area contributed by atoms with Gasteiger partial charge in [0.15, 0.2) is 15.8 Å². The van der Waals surface area contributed by atoms with E-state index in [9.17, 15) is 8.42 Å². The van der Waals surface area contributed by atoms with E-state index in [1.54, 1.807) is 24.3 Å². The Hall–Kier alpha value is -2.54. The molecule has 1 unspecified atom stereocenters. The molecule has 2 N–H and O–H groups in total. The molecule has 0 fully saturated rings. The van der Waals surface area contributed by atoms with Crippen molar-refractivity contribution in [2.24, 2.45) is 4.99 Å². The van der Waals surface area contributed by atoms with Gasteiger partial charge in [0.05, 0.1) is 11.4 Å². The van der Waals surface area contributed by atoms with Gasteiger partial charge in [0, 0.05) is 18.8 Å². The summed E-state index contributed by atoms with van der Waals surface area (Å²) in [5.74, 6) is 1.39. The van der Waals surface area contributed by atoms with Crippen LogP contribution in [-0.4, -0.2) is 46.4 Å². The van der Waals surface area contributed by atoms with Crippen molar-refractivity contribution in [2.45, 2.75) is 37.6 Å². The van der Waals surface area contributed by atoms with Gasteiger partial charge in [0.2, 0.25) is 0 Å². The van der Waals surface area contributed by atoms with E-state index in [1.165, 1.54) is 11.8 Å². The molecular formula is C22H31N3O3S. The Bertz CT molecular complexity index is 866. The molecule has 0 aliphatic heterocycles. The van der Waals surface area contributed by atoms with E-state index in [2.05, 4.69) is 46.8 Å². The normalized spacial score (nSPS) is 13.0. The van der Waals surface area contributed by atoms with E-state index in [1.807, 2.05) is 13.0 Å². The number of rotatable bonds is 10. The Morgan fingerprint density at radius 2 is 1.79 bits per heavy atom. The average molecular weight is 418 g/mol. The maximum atomic E-state index is 11.5. The number of hydrogen-bond donors (Lipinski definition) is 2. The van der Waals surface area contributed by atoms with E-state index in [4.69, 9.17) is 4.74 Å². The highest BCUT2D eigenvalue weighted by Crippen LogP contribution is 2.15. The van der Waals surface area contributed by atoms with Crippen LogP contribution in [-0.2, 0) is 16.3 Å². The minimum absolute atomic E-state index is 0.283. The average Bonchev–Trinajstić information content (AvgIpc) is 2.70. The van der Waals surface area contributed by atoms with Gasteiger partial charge in [0.25, 0.3) is 0 Å². The third kappa shape index (κ3) is 8.56. The third-order valence-corrected chi connectivity index (χ3v) is 5.45. The number of benzene rings is 2. The predicted octanol–water partition coefficient (Wildman–Crippen LogP) is 3.05. The monoisotopic (exact) mass is 417 g/mol. The molecule has 2 aromatic carbocycles.